The highest BCUT2D eigenvalue weighted by Gasteiger charge is 2.14. The maximum Gasteiger partial charge on any atom is 0.0991 e. The third-order valence-corrected chi connectivity index (χ3v) is 4.46. The average molecular weight is 309 g/mol. The van der Waals surface area contributed by atoms with Gasteiger partial charge in [-0.15, -0.1) is 6.58 Å². The lowest BCUT2D eigenvalue weighted by Crippen LogP contribution is -2.30. The van der Waals surface area contributed by atoms with Crippen LogP contribution >= 0.6 is 0 Å². The number of unbranched alkanes of at least 4 members (excludes halogenated alkanes) is 10. The number of aliphatic hydroxyl groups is 1. The predicted octanol–water partition coefficient (Wildman–Crippen LogP) is 4.56. The number of rotatable bonds is 15. The van der Waals surface area contributed by atoms with Gasteiger partial charge in [-0.2, -0.15) is 0 Å². The monoisotopic (exact) mass is 308 g/mol. The molecule has 0 aromatic rings. The van der Waals surface area contributed by atoms with E-state index in [0.717, 1.165) is 26.1 Å². The molecule has 1 rings (SSSR count). The highest BCUT2D eigenvalue weighted by molar-refractivity contribution is 5.83. The second kappa shape index (κ2) is 13.8. The van der Waals surface area contributed by atoms with Gasteiger partial charge in [0.25, 0.3) is 0 Å². The molecule has 0 atom stereocenters. The van der Waals surface area contributed by atoms with Crippen LogP contribution in [0.2, 0.25) is 0 Å². The molecular formula is C19H36N2O. The third-order valence-electron chi connectivity index (χ3n) is 4.46. The Morgan fingerprint density at radius 3 is 2.14 bits per heavy atom. The van der Waals surface area contributed by atoms with E-state index in [1.807, 2.05) is 6.08 Å². The Balaban J connectivity index is 1.83. The van der Waals surface area contributed by atoms with E-state index >= 15 is 0 Å². The number of aliphatic imine (C=N–C) groups is 1. The highest BCUT2D eigenvalue weighted by atomic mass is 16.3. The van der Waals surface area contributed by atoms with E-state index in [-0.39, 0.29) is 6.61 Å². The molecule has 3 heteroatoms. The number of allylic oxidation sites excluding steroid dienone is 1. The van der Waals surface area contributed by atoms with Gasteiger partial charge in [0.2, 0.25) is 0 Å². The van der Waals surface area contributed by atoms with Gasteiger partial charge in [-0.1, -0.05) is 57.4 Å². The minimum absolute atomic E-state index is 0.243. The topological polar surface area (TPSA) is 35.8 Å². The SMILES string of the molecule is C=CCCCCCCCCCCCCC1=NCCN1CCO. The van der Waals surface area contributed by atoms with Crippen LogP contribution in [-0.4, -0.2) is 42.1 Å². The Morgan fingerprint density at radius 1 is 0.955 bits per heavy atom. The standard InChI is InChI=1S/C19H36N2O/c1-2-3-4-5-6-7-8-9-10-11-12-13-14-19-20-15-16-21(19)17-18-22/h2,22H,1,3-18H2. The van der Waals surface area contributed by atoms with Crippen molar-refractivity contribution in [3.05, 3.63) is 12.7 Å². The molecule has 22 heavy (non-hydrogen) atoms. The van der Waals surface area contributed by atoms with Gasteiger partial charge in [-0.25, -0.2) is 0 Å². The zero-order valence-electron chi connectivity index (χ0n) is 14.4. The highest BCUT2D eigenvalue weighted by Crippen LogP contribution is 2.14. The fraction of sp³-hybridized carbons (Fsp3) is 0.842. The van der Waals surface area contributed by atoms with Crippen molar-refractivity contribution in [1.82, 2.24) is 4.90 Å². The van der Waals surface area contributed by atoms with Gasteiger partial charge in [0.1, 0.15) is 0 Å². The van der Waals surface area contributed by atoms with Crippen molar-refractivity contribution in [1.29, 1.82) is 0 Å². The summed E-state index contributed by atoms with van der Waals surface area (Å²) in [4.78, 5) is 6.79. The Bertz CT molecular complexity index is 302. The van der Waals surface area contributed by atoms with Gasteiger partial charge < -0.3 is 10.0 Å². The first-order valence-corrected chi connectivity index (χ1v) is 9.38. The van der Waals surface area contributed by atoms with Crippen LogP contribution in [0.15, 0.2) is 17.6 Å². The fourth-order valence-corrected chi connectivity index (χ4v) is 3.11. The van der Waals surface area contributed by atoms with E-state index in [2.05, 4.69) is 16.5 Å². The molecule has 0 aliphatic carbocycles. The molecule has 128 valence electrons. The smallest absolute Gasteiger partial charge is 0.0991 e. The second-order valence-electron chi connectivity index (χ2n) is 6.37. The average Bonchev–Trinajstić information content (AvgIpc) is 2.96. The Labute approximate surface area is 137 Å². The van der Waals surface area contributed by atoms with Crippen LogP contribution in [-0.2, 0) is 0 Å². The Hall–Kier alpha value is -0.830. The van der Waals surface area contributed by atoms with E-state index in [9.17, 15) is 0 Å². The van der Waals surface area contributed by atoms with E-state index in [1.165, 1.54) is 76.5 Å². The largest absolute Gasteiger partial charge is 0.395 e. The van der Waals surface area contributed by atoms with E-state index < -0.39 is 0 Å². The third kappa shape index (κ3) is 9.24. The number of hydrogen-bond donors (Lipinski definition) is 1. The van der Waals surface area contributed by atoms with Gasteiger partial charge in [0.15, 0.2) is 0 Å². The maximum atomic E-state index is 9.02. The number of nitrogens with zero attached hydrogens (tertiary/aromatic N) is 2. The summed E-state index contributed by atoms with van der Waals surface area (Å²) in [7, 11) is 0. The van der Waals surface area contributed by atoms with Crippen LogP contribution in [0.25, 0.3) is 0 Å². The zero-order chi connectivity index (χ0) is 15.9. The van der Waals surface area contributed by atoms with Gasteiger partial charge in [0.05, 0.1) is 19.0 Å². The molecule has 1 aliphatic rings. The van der Waals surface area contributed by atoms with Crippen molar-refractivity contribution in [3.63, 3.8) is 0 Å². The normalized spacial score (nSPS) is 14.4. The van der Waals surface area contributed by atoms with Crippen molar-refractivity contribution in [2.75, 3.05) is 26.2 Å². The van der Waals surface area contributed by atoms with Crippen molar-refractivity contribution in [2.45, 2.75) is 77.0 Å². The van der Waals surface area contributed by atoms with Crippen molar-refractivity contribution in [3.8, 4) is 0 Å². The Morgan fingerprint density at radius 2 is 1.55 bits per heavy atom. The van der Waals surface area contributed by atoms with E-state index in [0.29, 0.717) is 0 Å². The lowest BCUT2D eigenvalue weighted by atomic mass is 10.0. The van der Waals surface area contributed by atoms with Crippen LogP contribution in [0.4, 0.5) is 0 Å². The summed E-state index contributed by atoms with van der Waals surface area (Å²) in [5.74, 6) is 1.23. The van der Waals surface area contributed by atoms with Crippen LogP contribution in [0.5, 0.6) is 0 Å². The van der Waals surface area contributed by atoms with Crippen LogP contribution in [0.3, 0.4) is 0 Å². The lowest BCUT2D eigenvalue weighted by molar-refractivity contribution is 0.255. The summed E-state index contributed by atoms with van der Waals surface area (Å²) in [5.41, 5.74) is 0. The van der Waals surface area contributed by atoms with Crippen molar-refractivity contribution in [2.24, 2.45) is 4.99 Å². The molecule has 1 aliphatic heterocycles. The minimum atomic E-state index is 0.243. The predicted molar refractivity (Wildman–Crippen MR) is 96.6 cm³/mol. The van der Waals surface area contributed by atoms with E-state index in [1.54, 1.807) is 0 Å². The fourth-order valence-electron chi connectivity index (χ4n) is 3.11. The molecule has 1 heterocycles. The molecule has 0 saturated carbocycles. The summed E-state index contributed by atoms with van der Waals surface area (Å²) in [6.07, 6.45) is 17.9. The van der Waals surface area contributed by atoms with Crippen LogP contribution < -0.4 is 0 Å². The molecule has 1 N–H and O–H groups in total. The maximum absolute atomic E-state index is 9.02. The van der Waals surface area contributed by atoms with Crippen molar-refractivity contribution < 1.29 is 5.11 Å². The van der Waals surface area contributed by atoms with Gasteiger partial charge in [0, 0.05) is 19.5 Å². The number of amidine groups is 1. The quantitative estimate of drug-likeness (QED) is 0.355. The first-order valence-electron chi connectivity index (χ1n) is 9.38. The molecule has 0 aromatic carbocycles. The zero-order valence-corrected chi connectivity index (χ0v) is 14.4. The van der Waals surface area contributed by atoms with Gasteiger partial charge in [-0.05, 0) is 19.3 Å². The molecule has 0 radical (unpaired) electrons. The summed E-state index contributed by atoms with van der Waals surface area (Å²) >= 11 is 0. The lowest BCUT2D eigenvalue weighted by Gasteiger charge is -2.18. The van der Waals surface area contributed by atoms with Gasteiger partial charge in [-0.3, -0.25) is 4.99 Å². The molecular weight excluding hydrogens is 272 g/mol. The molecule has 0 spiro atoms. The van der Waals surface area contributed by atoms with E-state index in [4.69, 9.17) is 5.11 Å². The summed E-state index contributed by atoms with van der Waals surface area (Å²) in [6, 6.07) is 0. The first-order chi connectivity index (χ1) is 10.9. The summed E-state index contributed by atoms with van der Waals surface area (Å²) in [6.45, 7) is 6.68. The molecule has 0 aromatic heterocycles. The van der Waals surface area contributed by atoms with Crippen LogP contribution in [0.1, 0.15) is 77.0 Å². The molecule has 0 amide bonds. The van der Waals surface area contributed by atoms with Crippen LogP contribution in [0, 0.1) is 0 Å². The number of β-amino-alcohol motifs (C(OH)–C–C–N with tert-alkyl or cyclic N) is 1. The Kier molecular flexibility index (Phi) is 12.1. The molecule has 3 nitrogen and oxygen atoms in total. The first kappa shape index (κ1) is 19.2. The molecule has 0 fully saturated rings. The van der Waals surface area contributed by atoms with Crippen molar-refractivity contribution >= 4 is 5.84 Å². The molecule has 0 unspecified atom stereocenters. The summed E-state index contributed by atoms with van der Waals surface area (Å²) in [5, 5.41) is 9.02. The number of hydrogen-bond acceptors (Lipinski definition) is 3. The second-order valence-corrected chi connectivity index (χ2v) is 6.37. The van der Waals surface area contributed by atoms with Gasteiger partial charge >= 0.3 is 0 Å². The molecule has 0 bridgehead atoms. The number of aliphatic hydroxyl groups excluding tert-OH is 1. The summed E-state index contributed by atoms with van der Waals surface area (Å²) < 4.78 is 0. The molecule has 0 saturated heterocycles. The minimum Gasteiger partial charge on any atom is -0.395 e.